The lowest BCUT2D eigenvalue weighted by molar-refractivity contribution is -0.139. The largest absolute Gasteiger partial charge is 0.482 e. The lowest BCUT2D eigenvalue weighted by atomic mass is 10.0. The molecule has 2 heterocycles. The van der Waals surface area contributed by atoms with Crippen molar-refractivity contribution < 1.29 is 19.4 Å². The first-order valence-electron chi connectivity index (χ1n) is 8.80. The molecule has 0 spiro atoms. The molecule has 8 nitrogen and oxygen atoms in total. The summed E-state index contributed by atoms with van der Waals surface area (Å²) in [7, 11) is 1.67. The molecule has 3 N–H and O–H groups in total. The van der Waals surface area contributed by atoms with Gasteiger partial charge in [0.2, 0.25) is 0 Å². The van der Waals surface area contributed by atoms with E-state index in [-0.39, 0.29) is 18.8 Å². The normalized spacial score (nSPS) is 20.4. The van der Waals surface area contributed by atoms with E-state index in [1.54, 1.807) is 25.6 Å². The maximum Gasteiger partial charge on any atom is 0.341 e. The summed E-state index contributed by atoms with van der Waals surface area (Å²) in [5, 5.41) is 8.93. The Kier molecular flexibility index (Phi) is 6.33. The minimum absolute atomic E-state index is 0.0205. The summed E-state index contributed by atoms with van der Waals surface area (Å²) in [6.07, 6.45) is 5.79. The van der Waals surface area contributed by atoms with Crippen LogP contribution in [0.3, 0.4) is 0 Å². The van der Waals surface area contributed by atoms with Gasteiger partial charge in [-0.25, -0.2) is 14.8 Å². The van der Waals surface area contributed by atoms with E-state index in [4.69, 9.17) is 20.3 Å². The number of nitrogens with zero attached hydrogens (tertiary/aromatic N) is 3. The summed E-state index contributed by atoms with van der Waals surface area (Å²) in [6, 6.07) is 5.70. The number of aliphatic carboxylic acids is 1. The Morgan fingerprint density at radius 1 is 1.33 bits per heavy atom. The maximum atomic E-state index is 10.9. The topological polar surface area (TPSA) is 111 Å². The van der Waals surface area contributed by atoms with E-state index in [0.717, 1.165) is 29.7 Å². The average molecular weight is 372 g/mol. The van der Waals surface area contributed by atoms with Crippen LogP contribution < -0.4 is 10.5 Å². The van der Waals surface area contributed by atoms with Crippen molar-refractivity contribution in [1.82, 2.24) is 14.9 Å². The maximum absolute atomic E-state index is 10.9. The Balaban J connectivity index is 1.84. The van der Waals surface area contributed by atoms with Crippen molar-refractivity contribution in [2.45, 2.75) is 25.1 Å². The number of carboxylic acid groups (broad SMARTS) is 1. The molecule has 0 bridgehead atoms. The van der Waals surface area contributed by atoms with E-state index in [2.05, 4.69) is 14.9 Å². The zero-order valence-corrected chi connectivity index (χ0v) is 15.2. The van der Waals surface area contributed by atoms with Gasteiger partial charge in [0.15, 0.2) is 6.61 Å². The molecule has 1 aliphatic heterocycles. The number of nitrogens with two attached hydrogens (primary N) is 1. The molecule has 0 radical (unpaired) electrons. The van der Waals surface area contributed by atoms with Gasteiger partial charge in [0.25, 0.3) is 0 Å². The minimum atomic E-state index is -1.01. The number of methoxy groups -OCH3 is 1. The van der Waals surface area contributed by atoms with Gasteiger partial charge in [-0.3, -0.25) is 4.90 Å². The summed E-state index contributed by atoms with van der Waals surface area (Å²) in [5.41, 5.74) is 8.84. The fraction of sp³-hybridized carbons (Fsp3) is 0.421. The van der Waals surface area contributed by atoms with Crippen LogP contribution in [-0.4, -0.2) is 64.9 Å². The number of benzene rings is 1. The molecule has 3 rings (SSSR count). The number of aromatic nitrogens is 2. The second-order valence-corrected chi connectivity index (χ2v) is 6.59. The molecular formula is C19H24N4O4. The molecule has 144 valence electrons. The molecule has 27 heavy (non-hydrogen) atoms. The quantitative estimate of drug-likeness (QED) is 0.745. The van der Waals surface area contributed by atoms with Crippen molar-refractivity contribution in [2.24, 2.45) is 5.73 Å². The molecule has 1 aromatic heterocycles. The monoisotopic (exact) mass is 372 g/mol. The summed E-state index contributed by atoms with van der Waals surface area (Å²) < 4.78 is 11.0. The van der Waals surface area contributed by atoms with Gasteiger partial charge in [-0.15, -0.1) is 0 Å². The lowest BCUT2D eigenvalue weighted by Gasteiger charge is -2.36. The third-order valence-electron chi connectivity index (χ3n) is 4.70. The van der Waals surface area contributed by atoms with Gasteiger partial charge >= 0.3 is 5.97 Å². The summed E-state index contributed by atoms with van der Waals surface area (Å²) in [6.45, 7) is 1.79. The van der Waals surface area contributed by atoms with Crippen LogP contribution in [0.2, 0.25) is 0 Å². The number of hydrogen-bond acceptors (Lipinski definition) is 7. The van der Waals surface area contributed by atoms with E-state index < -0.39 is 5.97 Å². The summed E-state index contributed by atoms with van der Waals surface area (Å²) in [5.74, 6) is -0.452. The number of carboxylic acids is 1. The predicted molar refractivity (Wildman–Crippen MR) is 99.3 cm³/mol. The van der Waals surface area contributed by atoms with E-state index in [0.29, 0.717) is 18.8 Å². The molecule has 1 saturated heterocycles. The van der Waals surface area contributed by atoms with Crippen LogP contribution in [0, 0.1) is 0 Å². The van der Waals surface area contributed by atoms with Gasteiger partial charge in [0.1, 0.15) is 12.1 Å². The van der Waals surface area contributed by atoms with Gasteiger partial charge in [0.05, 0.1) is 6.10 Å². The minimum Gasteiger partial charge on any atom is -0.482 e. The van der Waals surface area contributed by atoms with E-state index in [9.17, 15) is 4.79 Å². The van der Waals surface area contributed by atoms with Crippen molar-refractivity contribution in [3.63, 3.8) is 0 Å². The van der Waals surface area contributed by atoms with Crippen molar-refractivity contribution in [3.05, 3.63) is 42.5 Å². The molecule has 8 heteroatoms. The Hall–Kier alpha value is -2.55. The van der Waals surface area contributed by atoms with Gasteiger partial charge in [0, 0.05) is 56.3 Å². The molecule has 1 aliphatic rings. The van der Waals surface area contributed by atoms with Crippen LogP contribution in [0.15, 0.2) is 36.9 Å². The number of hydrogen-bond donors (Lipinski definition) is 2. The van der Waals surface area contributed by atoms with Crippen LogP contribution in [0.4, 0.5) is 0 Å². The molecule has 0 aliphatic carbocycles. The highest BCUT2D eigenvalue weighted by atomic mass is 16.5. The Bertz CT molecular complexity index is 772. The molecule has 0 saturated carbocycles. The summed E-state index contributed by atoms with van der Waals surface area (Å²) >= 11 is 0. The molecule has 2 atom stereocenters. The predicted octanol–water partition coefficient (Wildman–Crippen LogP) is 1.16. The molecule has 0 amide bonds. The molecular weight excluding hydrogens is 348 g/mol. The van der Waals surface area contributed by atoms with Gasteiger partial charge < -0.3 is 20.3 Å². The fourth-order valence-electron chi connectivity index (χ4n) is 3.24. The first kappa shape index (κ1) is 19.2. The van der Waals surface area contributed by atoms with Gasteiger partial charge in [-0.1, -0.05) is 6.07 Å². The Labute approximate surface area is 157 Å². The SMILES string of the molecule is CO[C@@H]1CN(Cc2cc(-c3cncnc3)ccc2OCC(=O)O)CC[C@@H]1N. The van der Waals surface area contributed by atoms with Crippen LogP contribution in [-0.2, 0) is 16.1 Å². The second kappa shape index (κ2) is 8.90. The Morgan fingerprint density at radius 2 is 2.11 bits per heavy atom. The second-order valence-electron chi connectivity index (χ2n) is 6.59. The zero-order valence-electron chi connectivity index (χ0n) is 15.2. The zero-order chi connectivity index (χ0) is 19.2. The van der Waals surface area contributed by atoms with Crippen molar-refractivity contribution in [1.29, 1.82) is 0 Å². The highest BCUT2D eigenvalue weighted by Gasteiger charge is 2.27. The first-order valence-corrected chi connectivity index (χ1v) is 8.80. The molecule has 1 aromatic carbocycles. The highest BCUT2D eigenvalue weighted by molar-refractivity contribution is 5.69. The number of piperidine rings is 1. The first-order chi connectivity index (χ1) is 13.1. The van der Waals surface area contributed by atoms with E-state index in [1.807, 2.05) is 12.1 Å². The lowest BCUT2D eigenvalue weighted by Crippen LogP contribution is -2.51. The fourth-order valence-corrected chi connectivity index (χ4v) is 3.24. The van der Waals surface area contributed by atoms with E-state index in [1.165, 1.54) is 6.33 Å². The number of carbonyl (C=O) groups is 1. The molecule has 1 fully saturated rings. The smallest absolute Gasteiger partial charge is 0.341 e. The van der Waals surface area contributed by atoms with Crippen molar-refractivity contribution in [3.8, 4) is 16.9 Å². The highest BCUT2D eigenvalue weighted by Crippen LogP contribution is 2.28. The van der Waals surface area contributed by atoms with Crippen LogP contribution in [0.5, 0.6) is 5.75 Å². The van der Waals surface area contributed by atoms with Crippen molar-refractivity contribution >= 4 is 5.97 Å². The van der Waals surface area contributed by atoms with Crippen LogP contribution in [0.25, 0.3) is 11.1 Å². The number of likely N-dealkylation sites (tertiary alicyclic amines) is 1. The number of ether oxygens (including phenoxy) is 2. The molecule has 2 aromatic rings. The number of rotatable bonds is 7. The van der Waals surface area contributed by atoms with E-state index >= 15 is 0 Å². The average Bonchev–Trinajstić information content (AvgIpc) is 2.69. The standard InChI is InChI=1S/C19H24N4O4/c1-26-18-10-23(5-4-16(18)20)9-14-6-13(15-7-21-12-22-8-15)2-3-17(14)27-11-19(24)25/h2-3,6-8,12,16,18H,4-5,9-11,20H2,1H3,(H,24,25)/t16-,18+/m0/s1. The third-order valence-corrected chi connectivity index (χ3v) is 4.70. The van der Waals surface area contributed by atoms with Crippen molar-refractivity contribution in [2.75, 3.05) is 26.8 Å². The van der Waals surface area contributed by atoms with Gasteiger partial charge in [-0.05, 0) is 24.1 Å². The molecule has 0 unspecified atom stereocenters. The summed E-state index contributed by atoms with van der Waals surface area (Å²) in [4.78, 5) is 21.3. The van der Waals surface area contributed by atoms with Crippen LogP contribution >= 0.6 is 0 Å². The van der Waals surface area contributed by atoms with Gasteiger partial charge in [-0.2, -0.15) is 0 Å². The third kappa shape index (κ3) is 5.00. The Morgan fingerprint density at radius 3 is 2.81 bits per heavy atom. The van der Waals surface area contributed by atoms with Crippen LogP contribution in [0.1, 0.15) is 12.0 Å².